The Morgan fingerprint density at radius 2 is 1.70 bits per heavy atom. The first-order valence-corrected chi connectivity index (χ1v) is 10.0. The number of allylic oxidation sites excluding steroid dienone is 1. The maximum atomic E-state index is 13.0. The number of aliphatic hydroxyl groups excluding tert-OH is 1. The van der Waals surface area contributed by atoms with E-state index in [9.17, 15) is 9.32 Å². The van der Waals surface area contributed by atoms with Gasteiger partial charge in [0, 0.05) is 9.80 Å². The zero-order chi connectivity index (χ0) is 17.2. The van der Waals surface area contributed by atoms with Crippen LogP contribution in [-0.2, 0) is 10.8 Å². The van der Waals surface area contributed by atoms with Crippen molar-refractivity contribution in [1.29, 1.82) is 0 Å². The molecule has 0 heterocycles. The highest BCUT2D eigenvalue weighted by Gasteiger charge is 2.18. The molecule has 0 amide bonds. The van der Waals surface area contributed by atoms with Crippen LogP contribution in [0.4, 0.5) is 0 Å². The molecule has 0 bridgehead atoms. The van der Waals surface area contributed by atoms with Gasteiger partial charge < -0.3 is 5.11 Å². The van der Waals surface area contributed by atoms with Crippen molar-refractivity contribution in [2.75, 3.05) is 0 Å². The number of unbranched alkanes of at least 4 members (excludes halogenated alkanes) is 2. The largest absolute Gasteiger partial charge is 0.389 e. The Labute approximate surface area is 144 Å². The lowest BCUT2D eigenvalue weighted by molar-refractivity contribution is 0.208. The van der Waals surface area contributed by atoms with E-state index in [1.807, 2.05) is 37.3 Å². The van der Waals surface area contributed by atoms with Crippen LogP contribution in [0.2, 0.25) is 0 Å². The van der Waals surface area contributed by atoms with Crippen LogP contribution in [0.25, 0.3) is 0 Å². The Morgan fingerprint density at radius 3 is 2.26 bits per heavy atom. The van der Waals surface area contributed by atoms with Gasteiger partial charge >= 0.3 is 0 Å². The molecule has 0 saturated heterocycles. The highest BCUT2D eigenvalue weighted by Crippen LogP contribution is 2.26. The van der Waals surface area contributed by atoms with Crippen LogP contribution in [0.5, 0.6) is 0 Å². The Kier molecular flexibility index (Phi) is 9.42. The van der Waals surface area contributed by atoms with Crippen LogP contribution in [-0.4, -0.2) is 15.4 Å². The van der Waals surface area contributed by atoms with Crippen molar-refractivity contribution < 1.29 is 9.32 Å². The molecule has 0 radical (unpaired) electrons. The van der Waals surface area contributed by atoms with E-state index in [2.05, 4.69) is 20.8 Å². The molecule has 3 atom stereocenters. The molecule has 3 heteroatoms. The summed E-state index contributed by atoms with van der Waals surface area (Å²) in [5, 5.41) is 10.3. The molecular weight excluding hydrogens is 304 g/mol. The predicted octanol–water partition coefficient (Wildman–Crippen LogP) is 5.36. The van der Waals surface area contributed by atoms with Crippen molar-refractivity contribution in [3.05, 3.63) is 40.8 Å². The fourth-order valence-electron chi connectivity index (χ4n) is 2.55. The molecule has 1 N–H and O–H groups in total. The number of hydrogen-bond donors (Lipinski definition) is 1. The van der Waals surface area contributed by atoms with E-state index in [0.717, 1.165) is 48.3 Å². The second kappa shape index (κ2) is 10.8. The lowest BCUT2D eigenvalue weighted by atomic mass is 10.0. The number of aliphatic hydroxyl groups is 1. The van der Waals surface area contributed by atoms with Crippen LogP contribution in [0.1, 0.15) is 64.9 Å². The maximum absolute atomic E-state index is 13.0. The first-order chi connectivity index (χ1) is 11.0. The molecule has 0 spiro atoms. The van der Waals surface area contributed by atoms with Crippen molar-refractivity contribution in [3.8, 4) is 0 Å². The summed E-state index contributed by atoms with van der Waals surface area (Å²) in [4.78, 5) is 1.71. The predicted molar refractivity (Wildman–Crippen MR) is 99.9 cm³/mol. The number of hydrogen-bond acceptors (Lipinski definition) is 2. The van der Waals surface area contributed by atoms with Gasteiger partial charge in [-0.15, -0.1) is 0 Å². The van der Waals surface area contributed by atoms with Crippen molar-refractivity contribution in [3.63, 3.8) is 0 Å². The fourth-order valence-corrected chi connectivity index (χ4v) is 3.96. The van der Waals surface area contributed by atoms with Crippen molar-refractivity contribution in [2.24, 2.45) is 5.92 Å². The van der Waals surface area contributed by atoms with E-state index < -0.39 is 16.9 Å². The van der Waals surface area contributed by atoms with Gasteiger partial charge in [0.05, 0.1) is 16.9 Å². The molecular formula is C20H32O2S. The van der Waals surface area contributed by atoms with E-state index in [0.29, 0.717) is 0 Å². The minimum atomic E-state index is -1.19. The van der Waals surface area contributed by atoms with E-state index in [1.54, 1.807) is 0 Å². The molecule has 0 aromatic heterocycles. The zero-order valence-electron chi connectivity index (χ0n) is 15.0. The SMILES string of the molecule is CCCC[C@H](O)/C=C(/[C@@H](C)CCCC)S(=O)c1ccc(C)cc1. The van der Waals surface area contributed by atoms with Crippen LogP contribution >= 0.6 is 0 Å². The van der Waals surface area contributed by atoms with Gasteiger partial charge in [0.25, 0.3) is 0 Å². The molecule has 23 heavy (non-hydrogen) atoms. The van der Waals surface area contributed by atoms with E-state index in [4.69, 9.17) is 0 Å². The summed E-state index contributed by atoms with van der Waals surface area (Å²) in [5.74, 6) is 0.230. The lowest BCUT2D eigenvalue weighted by Gasteiger charge is -2.18. The molecule has 0 aliphatic heterocycles. The zero-order valence-corrected chi connectivity index (χ0v) is 15.9. The Balaban J connectivity index is 2.99. The summed E-state index contributed by atoms with van der Waals surface area (Å²) >= 11 is 0. The monoisotopic (exact) mass is 336 g/mol. The number of rotatable bonds is 10. The van der Waals surface area contributed by atoms with Crippen LogP contribution in [0.15, 0.2) is 40.1 Å². The summed E-state index contributed by atoms with van der Waals surface area (Å²) in [6.45, 7) is 8.44. The molecule has 1 aromatic carbocycles. The molecule has 1 aromatic rings. The molecule has 0 aliphatic carbocycles. The van der Waals surface area contributed by atoms with Gasteiger partial charge in [-0.3, -0.25) is 0 Å². The van der Waals surface area contributed by atoms with E-state index in [1.165, 1.54) is 5.56 Å². The first kappa shape index (κ1) is 20.1. The van der Waals surface area contributed by atoms with Crippen LogP contribution in [0.3, 0.4) is 0 Å². The average Bonchev–Trinajstić information content (AvgIpc) is 2.55. The topological polar surface area (TPSA) is 37.3 Å². The van der Waals surface area contributed by atoms with E-state index in [-0.39, 0.29) is 5.92 Å². The summed E-state index contributed by atoms with van der Waals surface area (Å²) in [5.41, 5.74) is 1.17. The van der Waals surface area contributed by atoms with Crippen molar-refractivity contribution in [1.82, 2.24) is 0 Å². The summed E-state index contributed by atoms with van der Waals surface area (Å²) in [6.07, 6.45) is 7.42. The van der Waals surface area contributed by atoms with Gasteiger partial charge in [0.2, 0.25) is 0 Å². The number of benzene rings is 1. The normalized spacial score (nSPS) is 16.1. The quantitative estimate of drug-likeness (QED) is 0.624. The molecule has 0 saturated carbocycles. The fraction of sp³-hybridized carbons (Fsp3) is 0.600. The highest BCUT2D eigenvalue weighted by atomic mass is 32.2. The summed E-state index contributed by atoms with van der Waals surface area (Å²) in [6, 6.07) is 7.86. The molecule has 0 fully saturated rings. The standard InChI is InChI=1S/C20H32O2S/c1-5-7-9-17(4)20(15-18(21)10-8-6-2)23(22)19-13-11-16(3)12-14-19/h11-15,17-18,21H,5-10H2,1-4H3/b20-15-/t17-,18-,23?/m0/s1. The first-order valence-electron chi connectivity index (χ1n) is 8.87. The summed E-state index contributed by atoms with van der Waals surface area (Å²) in [7, 11) is -1.19. The smallest absolute Gasteiger partial charge is 0.0808 e. The summed E-state index contributed by atoms with van der Waals surface area (Å²) < 4.78 is 13.0. The van der Waals surface area contributed by atoms with Crippen LogP contribution in [0, 0.1) is 12.8 Å². The molecule has 2 nitrogen and oxygen atoms in total. The minimum absolute atomic E-state index is 0.230. The number of aryl methyl sites for hydroxylation is 1. The van der Waals surface area contributed by atoms with Gasteiger partial charge in [-0.25, -0.2) is 4.21 Å². The second-order valence-corrected chi connectivity index (χ2v) is 7.88. The van der Waals surface area contributed by atoms with Gasteiger partial charge in [-0.1, -0.05) is 64.2 Å². The van der Waals surface area contributed by atoms with Crippen molar-refractivity contribution in [2.45, 2.75) is 77.2 Å². The third-order valence-corrected chi connectivity index (χ3v) is 5.80. The van der Waals surface area contributed by atoms with Gasteiger partial charge in [-0.2, -0.15) is 0 Å². The molecule has 1 rings (SSSR count). The van der Waals surface area contributed by atoms with Gasteiger partial charge in [-0.05, 0) is 43.9 Å². The minimum Gasteiger partial charge on any atom is -0.389 e. The Bertz CT molecular complexity index is 505. The third-order valence-electron chi connectivity index (χ3n) is 4.14. The Morgan fingerprint density at radius 1 is 1.13 bits per heavy atom. The average molecular weight is 337 g/mol. The highest BCUT2D eigenvalue weighted by molar-refractivity contribution is 7.89. The lowest BCUT2D eigenvalue weighted by Crippen LogP contribution is -2.12. The van der Waals surface area contributed by atoms with Crippen molar-refractivity contribution >= 4 is 10.8 Å². The molecule has 130 valence electrons. The third kappa shape index (κ3) is 7.01. The van der Waals surface area contributed by atoms with Gasteiger partial charge in [0.1, 0.15) is 0 Å². The van der Waals surface area contributed by atoms with E-state index >= 15 is 0 Å². The second-order valence-electron chi connectivity index (χ2n) is 6.40. The molecule has 1 unspecified atom stereocenters. The van der Waals surface area contributed by atoms with Crippen LogP contribution < -0.4 is 0 Å². The Hall–Kier alpha value is -0.930. The molecule has 0 aliphatic rings. The van der Waals surface area contributed by atoms with Gasteiger partial charge in [0.15, 0.2) is 0 Å². The maximum Gasteiger partial charge on any atom is 0.0808 e.